The van der Waals surface area contributed by atoms with Gasteiger partial charge in [0.25, 0.3) is 5.56 Å². The van der Waals surface area contributed by atoms with E-state index in [4.69, 9.17) is 0 Å². The third-order valence-corrected chi connectivity index (χ3v) is 2.90. The van der Waals surface area contributed by atoms with Gasteiger partial charge in [-0.15, -0.1) is 0 Å². The number of hydrogen-bond acceptors (Lipinski definition) is 5. The van der Waals surface area contributed by atoms with Gasteiger partial charge in [-0.1, -0.05) is 6.92 Å². The molecule has 1 rings (SSSR count). The van der Waals surface area contributed by atoms with Crippen molar-refractivity contribution in [3.63, 3.8) is 0 Å². The van der Waals surface area contributed by atoms with Crippen molar-refractivity contribution >= 4 is 5.91 Å². The van der Waals surface area contributed by atoms with E-state index in [1.165, 1.54) is 6.20 Å². The number of carbonyl (C=O) groups excluding carboxylic acids is 1. The molecule has 0 spiro atoms. The zero-order valence-corrected chi connectivity index (χ0v) is 10.5. The summed E-state index contributed by atoms with van der Waals surface area (Å²) in [5.41, 5.74) is -2.35. The highest BCUT2D eigenvalue weighted by atomic mass is 16.3. The van der Waals surface area contributed by atoms with Gasteiger partial charge in [-0.2, -0.15) is 0 Å². The fourth-order valence-corrected chi connectivity index (χ4v) is 1.50. The SMILES string of the molecule is CCC(CO)(CO)NC(=O)Cn1ccc(=O)[nH]c1=O. The number of aromatic amines is 1. The summed E-state index contributed by atoms with van der Waals surface area (Å²) in [6.07, 6.45) is 1.54. The molecule has 0 atom stereocenters. The Morgan fingerprint density at radius 2 is 2.05 bits per heavy atom. The van der Waals surface area contributed by atoms with Gasteiger partial charge in [0.2, 0.25) is 5.91 Å². The number of carbonyl (C=O) groups is 1. The van der Waals surface area contributed by atoms with E-state index in [0.29, 0.717) is 6.42 Å². The third-order valence-electron chi connectivity index (χ3n) is 2.90. The maximum absolute atomic E-state index is 11.8. The Kier molecular flexibility index (Phi) is 5.02. The molecule has 0 radical (unpaired) electrons. The maximum atomic E-state index is 11.8. The zero-order valence-electron chi connectivity index (χ0n) is 10.5. The van der Waals surface area contributed by atoms with Gasteiger partial charge < -0.3 is 15.5 Å². The summed E-state index contributed by atoms with van der Waals surface area (Å²) >= 11 is 0. The topological polar surface area (TPSA) is 124 Å². The number of aromatic nitrogens is 2. The number of H-pyrrole nitrogens is 1. The van der Waals surface area contributed by atoms with Crippen LogP contribution in [0.25, 0.3) is 0 Å². The van der Waals surface area contributed by atoms with Crippen LogP contribution in [0.1, 0.15) is 13.3 Å². The van der Waals surface area contributed by atoms with Crippen LogP contribution in [0.4, 0.5) is 0 Å². The first-order valence-electron chi connectivity index (χ1n) is 5.79. The third kappa shape index (κ3) is 3.76. The van der Waals surface area contributed by atoms with Crippen molar-refractivity contribution in [1.29, 1.82) is 0 Å². The summed E-state index contributed by atoms with van der Waals surface area (Å²) in [5.74, 6) is -0.543. The first-order valence-corrected chi connectivity index (χ1v) is 5.79. The van der Waals surface area contributed by atoms with Crippen LogP contribution in [-0.4, -0.2) is 44.4 Å². The number of aliphatic hydroxyl groups excluding tert-OH is 2. The van der Waals surface area contributed by atoms with Gasteiger partial charge in [-0.05, 0) is 6.42 Å². The molecule has 1 aromatic rings. The van der Waals surface area contributed by atoms with E-state index >= 15 is 0 Å². The van der Waals surface area contributed by atoms with E-state index in [1.807, 2.05) is 4.98 Å². The first-order chi connectivity index (χ1) is 8.96. The van der Waals surface area contributed by atoms with Crippen molar-refractivity contribution < 1.29 is 15.0 Å². The molecule has 0 bridgehead atoms. The van der Waals surface area contributed by atoms with Crippen molar-refractivity contribution in [3.05, 3.63) is 33.1 Å². The zero-order chi connectivity index (χ0) is 14.5. The summed E-state index contributed by atoms with van der Waals surface area (Å²) in [7, 11) is 0. The summed E-state index contributed by atoms with van der Waals surface area (Å²) in [6.45, 7) is 0.578. The van der Waals surface area contributed by atoms with Crippen molar-refractivity contribution in [2.75, 3.05) is 13.2 Å². The minimum atomic E-state index is -1.11. The van der Waals surface area contributed by atoms with Crippen LogP contribution in [0.15, 0.2) is 21.9 Å². The van der Waals surface area contributed by atoms with Crippen LogP contribution in [0.3, 0.4) is 0 Å². The molecule has 0 saturated heterocycles. The molecule has 8 nitrogen and oxygen atoms in total. The second-order valence-electron chi connectivity index (χ2n) is 4.24. The van der Waals surface area contributed by atoms with Crippen molar-refractivity contribution in [2.24, 2.45) is 0 Å². The molecule has 0 aliphatic carbocycles. The van der Waals surface area contributed by atoms with E-state index in [9.17, 15) is 24.6 Å². The molecule has 0 aliphatic heterocycles. The Bertz CT molecular complexity index is 535. The predicted molar refractivity (Wildman–Crippen MR) is 66.7 cm³/mol. The van der Waals surface area contributed by atoms with Gasteiger partial charge in [0.05, 0.1) is 18.8 Å². The molecule has 4 N–H and O–H groups in total. The molecular weight excluding hydrogens is 254 g/mol. The Morgan fingerprint density at radius 1 is 1.42 bits per heavy atom. The van der Waals surface area contributed by atoms with E-state index < -0.39 is 35.9 Å². The minimum Gasteiger partial charge on any atom is -0.394 e. The number of aliphatic hydroxyl groups is 2. The molecule has 19 heavy (non-hydrogen) atoms. The lowest BCUT2D eigenvalue weighted by Crippen LogP contribution is -2.55. The normalized spacial score (nSPS) is 11.3. The lowest BCUT2D eigenvalue weighted by Gasteiger charge is -2.29. The number of hydrogen-bond donors (Lipinski definition) is 4. The van der Waals surface area contributed by atoms with E-state index in [2.05, 4.69) is 5.32 Å². The van der Waals surface area contributed by atoms with Crippen LogP contribution < -0.4 is 16.6 Å². The molecule has 1 amide bonds. The van der Waals surface area contributed by atoms with Gasteiger partial charge in [-0.3, -0.25) is 19.1 Å². The molecule has 0 unspecified atom stereocenters. The molecular formula is C11H17N3O5. The molecule has 0 saturated carbocycles. The van der Waals surface area contributed by atoms with Gasteiger partial charge >= 0.3 is 5.69 Å². The predicted octanol–water partition coefficient (Wildman–Crippen LogP) is -2.21. The Balaban J connectivity index is 2.80. The van der Waals surface area contributed by atoms with E-state index in [-0.39, 0.29) is 6.54 Å². The van der Waals surface area contributed by atoms with Crippen molar-refractivity contribution in [3.8, 4) is 0 Å². The van der Waals surface area contributed by atoms with Crippen LogP contribution >= 0.6 is 0 Å². The standard InChI is InChI=1S/C11H17N3O5/c1-2-11(6-15,7-16)13-9(18)5-14-4-3-8(17)12-10(14)19/h3-4,15-16H,2,5-7H2,1H3,(H,13,18)(H,12,17,19). The Hall–Kier alpha value is -1.93. The fraction of sp³-hybridized carbons (Fsp3) is 0.545. The van der Waals surface area contributed by atoms with Crippen LogP contribution in [0.2, 0.25) is 0 Å². The first kappa shape index (κ1) is 15.1. The Morgan fingerprint density at radius 3 is 2.53 bits per heavy atom. The highest BCUT2D eigenvalue weighted by Crippen LogP contribution is 2.07. The van der Waals surface area contributed by atoms with E-state index in [0.717, 1.165) is 10.6 Å². The highest BCUT2D eigenvalue weighted by molar-refractivity contribution is 5.76. The number of nitrogens with zero attached hydrogens (tertiary/aromatic N) is 1. The number of nitrogens with one attached hydrogen (secondary N) is 2. The molecule has 1 heterocycles. The largest absolute Gasteiger partial charge is 0.394 e. The second kappa shape index (κ2) is 6.30. The molecule has 0 aromatic carbocycles. The second-order valence-corrected chi connectivity index (χ2v) is 4.24. The van der Waals surface area contributed by atoms with Crippen LogP contribution in [0.5, 0.6) is 0 Å². The lowest BCUT2D eigenvalue weighted by atomic mass is 9.98. The average Bonchev–Trinajstić information content (AvgIpc) is 2.39. The van der Waals surface area contributed by atoms with Crippen molar-refractivity contribution in [2.45, 2.75) is 25.4 Å². The number of amides is 1. The quantitative estimate of drug-likeness (QED) is 0.467. The van der Waals surface area contributed by atoms with Crippen LogP contribution in [0, 0.1) is 0 Å². The Labute approximate surface area is 108 Å². The van der Waals surface area contributed by atoms with Crippen molar-refractivity contribution in [1.82, 2.24) is 14.9 Å². The molecule has 0 fully saturated rings. The van der Waals surface area contributed by atoms with Crippen LogP contribution in [-0.2, 0) is 11.3 Å². The smallest absolute Gasteiger partial charge is 0.328 e. The summed E-state index contributed by atoms with van der Waals surface area (Å²) in [4.78, 5) is 36.0. The fourth-order valence-electron chi connectivity index (χ4n) is 1.50. The van der Waals surface area contributed by atoms with Gasteiger partial charge in [0.15, 0.2) is 0 Å². The monoisotopic (exact) mass is 271 g/mol. The molecule has 0 aliphatic rings. The maximum Gasteiger partial charge on any atom is 0.328 e. The summed E-state index contributed by atoms with van der Waals surface area (Å²) in [6, 6.07) is 1.12. The molecule has 1 aromatic heterocycles. The van der Waals surface area contributed by atoms with Gasteiger partial charge in [0, 0.05) is 12.3 Å². The average molecular weight is 271 g/mol. The minimum absolute atomic E-state index is 0.308. The summed E-state index contributed by atoms with van der Waals surface area (Å²) in [5, 5.41) is 20.9. The molecule has 106 valence electrons. The highest BCUT2D eigenvalue weighted by Gasteiger charge is 2.28. The van der Waals surface area contributed by atoms with Gasteiger partial charge in [0.1, 0.15) is 6.54 Å². The van der Waals surface area contributed by atoms with E-state index in [1.54, 1.807) is 6.92 Å². The molecule has 8 heteroatoms. The number of rotatable bonds is 6. The lowest BCUT2D eigenvalue weighted by molar-refractivity contribution is -0.125. The summed E-state index contributed by atoms with van der Waals surface area (Å²) < 4.78 is 1.02. The van der Waals surface area contributed by atoms with Gasteiger partial charge in [-0.25, -0.2) is 4.79 Å².